The Kier molecular flexibility index (Phi) is 5.12. The van der Waals surface area contributed by atoms with Crippen LogP contribution in [0.4, 0.5) is 0 Å². The smallest absolute Gasteiger partial charge is 0.244 e. The highest BCUT2D eigenvalue weighted by atomic mass is 35.5. The first-order valence-corrected chi connectivity index (χ1v) is 8.77. The highest BCUT2D eigenvalue weighted by Gasteiger charge is 2.42. The molecule has 0 aromatic carbocycles. The van der Waals surface area contributed by atoms with Crippen molar-refractivity contribution in [2.45, 2.75) is 60.6 Å². The maximum Gasteiger partial charge on any atom is 0.244 e. The lowest BCUT2D eigenvalue weighted by Gasteiger charge is -2.40. The second-order valence-electron chi connectivity index (χ2n) is 6.35. The summed E-state index contributed by atoms with van der Waals surface area (Å²) < 4.78 is 0. The van der Waals surface area contributed by atoms with E-state index in [1.54, 1.807) is 0 Å². The summed E-state index contributed by atoms with van der Waals surface area (Å²) in [5, 5.41) is 12.5. The maximum atomic E-state index is 12.4. The van der Waals surface area contributed by atoms with Crippen LogP contribution in [-0.4, -0.2) is 59.8 Å². The summed E-state index contributed by atoms with van der Waals surface area (Å²) in [6, 6.07) is -1.13. The van der Waals surface area contributed by atoms with Crippen LogP contribution < -0.4 is 21.3 Å². The van der Waals surface area contributed by atoms with Crippen LogP contribution in [0.15, 0.2) is 0 Å². The molecule has 0 spiro atoms. The van der Waals surface area contributed by atoms with Crippen LogP contribution in [0.5, 0.6) is 0 Å². The van der Waals surface area contributed by atoms with Gasteiger partial charge in [-0.1, -0.05) is 0 Å². The van der Waals surface area contributed by atoms with E-state index in [1.807, 2.05) is 0 Å². The van der Waals surface area contributed by atoms with E-state index in [4.69, 9.17) is 23.2 Å². The van der Waals surface area contributed by atoms with E-state index >= 15 is 0 Å². The third kappa shape index (κ3) is 3.50. The number of carbonyl (C=O) groups is 2. The van der Waals surface area contributed by atoms with E-state index < -0.39 is 12.1 Å². The summed E-state index contributed by atoms with van der Waals surface area (Å²) in [5.74, 6) is -0.241. The van der Waals surface area contributed by atoms with Gasteiger partial charge in [0.05, 0.1) is 0 Å². The monoisotopic (exact) mass is 348 g/mol. The van der Waals surface area contributed by atoms with Crippen LogP contribution in [0.3, 0.4) is 0 Å². The van der Waals surface area contributed by atoms with Crippen molar-refractivity contribution in [3.63, 3.8) is 0 Å². The third-order valence-electron chi connectivity index (χ3n) is 4.75. The van der Waals surface area contributed by atoms with Gasteiger partial charge in [0.1, 0.15) is 12.1 Å². The first kappa shape index (κ1) is 16.3. The fourth-order valence-corrected chi connectivity index (χ4v) is 3.87. The molecule has 0 saturated carbocycles. The number of hydrogen-bond donors (Lipinski definition) is 4. The molecule has 0 bridgehead atoms. The minimum absolute atomic E-state index is 0.0496. The highest BCUT2D eigenvalue weighted by Crippen LogP contribution is 2.20. The molecule has 0 radical (unpaired) electrons. The first-order chi connectivity index (χ1) is 10.5. The number of nitrogens with one attached hydrogen (secondary N) is 4. The molecule has 0 aliphatic carbocycles. The predicted octanol–water partition coefficient (Wildman–Crippen LogP) is -0.312. The molecule has 0 aromatic heterocycles. The third-order valence-corrected chi connectivity index (χ3v) is 5.50. The molecule has 6 atom stereocenters. The van der Waals surface area contributed by atoms with Crippen molar-refractivity contribution < 1.29 is 9.59 Å². The average Bonchev–Trinajstić information content (AvgIpc) is 2.51. The Hall–Kier alpha value is -0.560. The van der Waals surface area contributed by atoms with E-state index in [9.17, 15) is 9.59 Å². The highest BCUT2D eigenvalue weighted by molar-refractivity contribution is 6.21. The van der Waals surface area contributed by atoms with E-state index in [1.165, 1.54) is 0 Å². The van der Waals surface area contributed by atoms with Crippen molar-refractivity contribution in [2.75, 3.05) is 13.1 Å². The zero-order valence-corrected chi connectivity index (χ0v) is 13.8. The van der Waals surface area contributed by atoms with Gasteiger partial charge in [0.2, 0.25) is 11.8 Å². The molecule has 0 unspecified atom stereocenters. The Labute approximate surface area is 140 Å². The molecule has 3 saturated heterocycles. The summed E-state index contributed by atoms with van der Waals surface area (Å²) in [5.41, 5.74) is 0. The molecular weight excluding hydrogens is 327 g/mol. The van der Waals surface area contributed by atoms with Gasteiger partial charge >= 0.3 is 0 Å². The number of hydrogen-bond acceptors (Lipinski definition) is 4. The van der Waals surface area contributed by atoms with Gasteiger partial charge in [0.15, 0.2) is 0 Å². The molecule has 6 nitrogen and oxygen atoms in total. The second kappa shape index (κ2) is 6.91. The standard InChI is InChI=1S/C14H22Cl2N4O2/c15-7-1-3-9(17-5-7)11-13(21)20-12(14(22)19-11)10-4-2-8(16)6-18-10/h7-12,17-18H,1-6H2,(H,19,22)(H,20,21)/t7-,8-,9+,10+,11+,12+/m1/s1. The molecule has 8 heteroatoms. The minimum Gasteiger partial charge on any atom is -0.341 e. The topological polar surface area (TPSA) is 82.3 Å². The number of piperidine rings is 2. The van der Waals surface area contributed by atoms with Gasteiger partial charge in [0.25, 0.3) is 0 Å². The largest absolute Gasteiger partial charge is 0.341 e. The summed E-state index contributed by atoms with van der Waals surface area (Å²) in [7, 11) is 0. The SMILES string of the molecule is O=C1N[C@@H]([C@@H]2CC[C@@H](Cl)CN2)C(=O)N[C@H]1[C@@H]1CC[C@@H](Cl)CN1. The molecule has 3 heterocycles. The molecule has 0 aromatic rings. The number of alkyl halides is 2. The molecule has 3 fully saturated rings. The van der Waals surface area contributed by atoms with Crippen molar-refractivity contribution in [1.29, 1.82) is 0 Å². The molecule has 22 heavy (non-hydrogen) atoms. The molecular formula is C14H22Cl2N4O2. The normalized spacial score (nSPS) is 43.4. The Balaban J connectivity index is 1.59. The lowest BCUT2D eigenvalue weighted by atomic mass is 9.91. The molecule has 2 amide bonds. The van der Waals surface area contributed by atoms with Crippen molar-refractivity contribution in [3.8, 4) is 0 Å². The van der Waals surface area contributed by atoms with Crippen LogP contribution in [0, 0.1) is 0 Å². The second-order valence-corrected chi connectivity index (χ2v) is 7.59. The van der Waals surface area contributed by atoms with Crippen molar-refractivity contribution >= 4 is 35.0 Å². The molecule has 124 valence electrons. The fourth-order valence-electron chi connectivity index (χ4n) is 3.44. The van der Waals surface area contributed by atoms with Crippen LogP contribution >= 0.6 is 23.2 Å². The number of amides is 2. The number of halogens is 2. The Morgan fingerprint density at radius 3 is 1.45 bits per heavy atom. The minimum atomic E-state index is -0.516. The van der Waals surface area contributed by atoms with Crippen LogP contribution in [0.25, 0.3) is 0 Å². The van der Waals surface area contributed by atoms with Crippen LogP contribution in [0.2, 0.25) is 0 Å². The zero-order chi connectivity index (χ0) is 15.7. The first-order valence-electron chi connectivity index (χ1n) is 7.90. The number of rotatable bonds is 2. The van der Waals surface area contributed by atoms with Crippen molar-refractivity contribution in [3.05, 3.63) is 0 Å². The Morgan fingerprint density at radius 2 is 1.14 bits per heavy atom. The molecule has 3 aliphatic rings. The van der Waals surface area contributed by atoms with Crippen LogP contribution in [0.1, 0.15) is 25.7 Å². The maximum absolute atomic E-state index is 12.4. The summed E-state index contributed by atoms with van der Waals surface area (Å²) in [6.45, 7) is 1.33. The molecule has 4 N–H and O–H groups in total. The number of carbonyl (C=O) groups excluding carboxylic acids is 2. The number of piperazine rings is 1. The predicted molar refractivity (Wildman–Crippen MR) is 85.2 cm³/mol. The van der Waals surface area contributed by atoms with E-state index in [0.29, 0.717) is 13.1 Å². The van der Waals surface area contributed by atoms with Gasteiger partial charge in [-0.05, 0) is 25.7 Å². The molecule has 3 rings (SSSR count). The van der Waals surface area contributed by atoms with Gasteiger partial charge in [-0.25, -0.2) is 0 Å². The van der Waals surface area contributed by atoms with Gasteiger partial charge in [-0.15, -0.1) is 23.2 Å². The summed E-state index contributed by atoms with van der Waals surface area (Å²) in [4.78, 5) is 24.8. The van der Waals surface area contributed by atoms with Crippen LogP contribution in [-0.2, 0) is 9.59 Å². The van der Waals surface area contributed by atoms with Crippen molar-refractivity contribution in [2.24, 2.45) is 0 Å². The average molecular weight is 349 g/mol. The van der Waals surface area contributed by atoms with Gasteiger partial charge in [-0.3, -0.25) is 9.59 Å². The quantitative estimate of drug-likeness (QED) is 0.516. The van der Waals surface area contributed by atoms with E-state index in [0.717, 1.165) is 25.7 Å². The van der Waals surface area contributed by atoms with Gasteiger partial charge in [-0.2, -0.15) is 0 Å². The molecule has 3 aliphatic heterocycles. The lowest BCUT2D eigenvalue weighted by molar-refractivity contribution is -0.138. The van der Waals surface area contributed by atoms with Crippen molar-refractivity contribution in [1.82, 2.24) is 21.3 Å². The van der Waals surface area contributed by atoms with Gasteiger partial charge in [0, 0.05) is 35.9 Å². The Morgan fingerprint density at radius 1 is 0.727 bits per heavy atom. The van der Waals surface area contributed by atoms with E-state index in [2.05, 4.69) is 21.3 Å². The van der Waals surface area contributed by atoms with Gasteiger partial charge < -0.3 is 21.3 Å². The summed E-state index contributed by atoms with van der Waals surface area (Å²) >= 11 is 12.1. The van der Waals surface area contributed by atoms with E-state index in [-0.39, 0.29) is 34.7 Å². The summed E-state index contributed by atoms with van der Waals surface area (Å²) in [6.07, 6.45) is 3.27. The fraction of sp³-hybridized carbons (Fsp3) is 0.857. The zero-order valence-electron chi connectivity index (χ0n) is 12.3. The Bertz CT molecular complexity index is 395. The lowest BCUT2D eigenvalue weighted by Crippen LogP contribution is -2.71.